The zero-order valence-electron chi connectivity index (χ0n) is 17.2. The lowest BCUT2D eigenvalue weighted by Gasteiger charge is -2.05. The number of nitrogens with zero attached hydrogens (tertiary/aromatic N) is 3. The number of nitrogens with one attached hydrogen (secondary N) is 2. The van der Waals surface area contributed by atoms with E-state index in [9.17, 15) is 14.0 Å². The molecule has 158 valence electrons. The molecule has 0 aliphatic carbocycles. The highest BCUT2D eigenvalue weighted by molar-refractivity contribution is 5.93. The Labute approximate surface area is 180 Å². The first-order valence-electron chi connectivity index (χ1n) is 9.48. The second kappa shape index (κ2) is 11.8. The zero-order valence-corrected chi connectivity index (χ0v) is 17.2. The average molecular weight is 419 g/mol. The van der Waals surface area contributed by atoms with Crippen molar-refractivity contribution >= 4 is 18.1 Å². The van der Waals surface area contributed by atoms with Gasteiger partial charge in [-0.2, -0.15) is 5.26 Å². The van der Waals surface area contributed by atoms with E-state index < -0.39 is 5.91 Å². The van der Waals surface area contributed by atoms with Crippen LogP contribution in [0.5, 0.6) is 0 Å². The van der Waals surface area contributed by atoms with E-state index in [1.807, 2.05) is 24.3 Å². The first-order chi connectivity index (χ1) is 14.9. The molecule has 2 N–H and O–H groups in total. The SMILES string of the molecule is CC(C)c1ccc(C#N)cc1.O=CNc1cc(C(=O)NCc2ccc(F)cc2)ncn1. The fraction of sp³-hybridized carbons (Fsp3) is 0.174. The van der Waals surface area contributed by atoms with Gasteiger partial charge >= 0.3 is 0 Å². The molecule has 0 saturated heterocycles. The summed E-state index contributed by atoms with van der Waals surface area (Å²) >= 11 is 0. The highest BCUT2D eigenvalue weighted by atomic mass is 19.1. The molecule has 0 fully saturated rings. The van der Waals surface area contributed by atoms with Crippen molar-refractivity contribution in [3.63, 3.8) is 0 Å². The van der Waals surface area contributed by atoms with Crippen molar-refractivity contribution in [3.8, 4) is 6.07 Å². The number of nitriles is 1. The molecule has 2 aromatic carbocycles. The third-order valence-electron chi connectivity index (χ3n) is 4.18. The van der Waals surface area contributed by atoms with Crippen molar-refractivity contribution in [1.29, 1.82) is 5.26 Å². The third-order valence-corrected chi connectivity index (χ3v) is 4.18. The first kappa shape index (κ1) is 23.2. The van der Waals surface area contributed by atoms with Crippen LogP contribution in [0.15, 0.2) is 60.9 Å². The van der Waals surface area contributed by atoms with Gasteiger partial charge in [0.15, 0.2) is 0 Å². The lowest BCUT2D eigenvalue weighted by molar-refractivity contribution is -0.105. The Kier molecular flexibility index (Phi) is 8.80. The number of hydrogen-bond donors (Lipinski definition) is 2. The lowest BCUT2D eigenvalue weighted by Crippen LogP contribution is -2.24. The Balaban J connectivity index is 0.000000262. The Morgan fingerprint density at radius 2 is 1.81 bits per heavy atom. The fourth-order valence-electron chi connectivity index (χ4n) is 2.44. The molecule has 8 heteroatoms. The molecule has 0 spiro atoms. The van der Waals surface area contributed by atoms with Gasteiger partial charge in [0.25, 0.3) is 5.91 Å². The van der Waals surface area contributed by atoms with Gasteiger partial charge in [-0.25, -0.2) is 14.4 Å². The average Bonchev–Trinajstić information content (AvgIpc) is 2.79. The smallest absolute Gasteiger partial charge is 0.270 e. The molecule has 1 aromatic heterocycles. The summed E-state index contributed by atoms with van der Waals surface area (Å²) in [6.45, 7) is 4.53. The van der Waals surface area contributed by atoms with Gasteiger partial charge in [0.1, 0.15) is 23.7 Å². The molecule has 1 heterocycles. The maximum atomic E-state index is 12.7. The van der Waals surface area contributed by atoms with Crippen molar-refractivity contribution in [1.82, 2.24) is 15.3 Å². The number of carbonyl (C=O) groups excluding carboxylic acids is 2. The molecule has 0 saturated carbocycles. The van der Waals surface area contributed by atoms with Crippen LogP contribution in [0.4, 0.5) is 10.2 Å². The van der Waals surface area contributed by atoms with E-state index in [1.165, 1.54) is 30.1 Å². The number of hydrogen-bond acceptors (Lipinski definition) is 5. The molecule has 0 atom stereocenters. The summed E-state index contributed by atoms with van der Waals surface area (Å²) in [4.78, 5) is 29.7. The van der Waals surface area contributed by atoms with Crippen LogP contribution in [0, 0.1) is 17.1 Å². The maximum Gasteiger partial charge on any atom is 0.270 e. The summed E-state index contributed by atoms with van der Waals surface area (Å²) in [5, 5.41) is 13.5. The molecular weight excluding hydrogens is 397 g/mol. The minimum absolute atomic E-state index is 0.131. The standard InChI is InChI=1S/C13H11FN4O2.C10H11N/c14-10-3-1-9(2-4-10)6-15-13(20)11-5-12(18-8-19)17-7-16-11;1-8(2)10-5-3-9(7-11)4-6-10/h1-5,7-8H,6H2,(H,15,20)(H,16,17,18,19);3-6,8H,1-2H3. The van der Waals surface area contributed by atoms with E-state index in [4.69, 9.17) is 5.26 Å². The number of anilines is 1. The maximum absolute atomic E-state index is 12.7. The predicted molar refractivity (Wildman–Crippen MR) is 115 cm³/mol. The van der Waals surface area contributed by atoms with E-state index in [0.29, 0.717) is 12.3 Å². The van der Waals surface area contributed by atoms with Crippen LogP contribution in [-0.4, -0.2) is 22.3 Å². The molecule has 0 bridgehead atoms. The van der Waals surface area contributed by atoms with Crippen molar-refractivity contribution in [2.24, 2.45) is 0 Å². The number of aromatic nitrogens is 2. The van der Waals surface area contributed by atoms with Gasteiger partial charge in [-0.15, -0.1) is 0 Å². The normalized spacial score (nSPS) is 9.77. The van der Waals surface area contributed by atoms with E-state index >= 15 is 0 Å². The molecule has 31 heavy (non-hydrogen) atoms. The van der Waals surface area contributed by atoms with Crippen molar-refractivity contribution in [3.05, 3.63) is 89.1 Å². The van der Waals surface area contributed by atoms with E-state index in [-0.39, 0.29) is 23.9 Å². The van der Waals surface area contributed by atoms with Gasteiger partial charge in [-0.3, -0.25) is 9.59 Å². The summed E-state index contributed by atoms with van der Waals surface area (Å²) < 4.78 is 12.7. The predicted octanol–water partition coefficient (Wildman–Crippen LogP) is 3.80. The van der Waals surface area contributed by atoms with Crippen LogP contribution in [0.3, 0.4) is 0 Å². The van der Waals surface area contributed by atoms with Crippen LogP contribution in [0.2, 0.25) is 0 Å². The van der Waals surface area contributed by atoms with Gasteiger partial charge in [0.05, 0.1) is 11.6 Å². The Bertz CT molecular complexity index is 1040. The van der Waals surface area contributed by atoms with Crippen molar-refractivity contribution in [2.45, 2.75) is 26.3 Å². The summed E-state index contributed by atoms with van der Waals surface area (Å²) in [6, 6.07) is 17.0. The molecule has 2 amide bonds. The summed E-state index contributed by atoms with van der Waals surface area (Å²) in [5.74, 6) is 0.0378. The lowest BCUT2D eigenvalue weighted by atomic mass is 10.0. The van der Waals surface area contributed by atoms with Gasteiger partial charge in [-0.1, -0.05) is 38.1 Å². The number of halogens is 1. The summed E-state index contributed by atoms with van der Waals surface area (Å²) in [5.41, 5.74) is 2.91. The van der Waals surface area contributed by atoms with Crippen LogP contribution in [0.25, 0.3) is 0 Å². The van der Waals surface area contributed by atoms with Gasteiger partial charge in [0.2, 0.25) is 6.41 Å². The Hall–Kier alpha value is -4.12. The fourth-order valence-corrected chi connectivity index (χ4v) is 2.44. The minimum atomic E-state index is -0.411. The van der Waals surface area contributed by atoms with Crippen molar-refractivity contribution < 1.29 is 14.0 Å². The Morgan fingerprint density at radius 1 is 1.13 bits per heavy atom. The highest BCUT2D eigenvalue weighted by Crippen LogP contribution is 2.13. The Morgan fingerprint density at radius 3 is 2.39 bits per heavy atom. The van der Waals surface area contributed by atoms with Gasteiger partial charge in [-0.05, 0) is 41.3 Å². The number of benzene rings is 2. The van der Waals surface area contributed by atoms with Crippen LogP contribution < -0.4 is 10.6 Å². The monoisotopic (exact) mass is 419 g/mol. The quantitative estimate of drug-likeness (QED) is 0.591. The van der Waals surface area contributed by atoms with E-state index in [0.717, 1.165) is 11.1 Å². The molecule has 3 rings (SSSR count). The van der Waals surface area contributed by atoms with Crippen LogP contribution in [0.1, 0.15) is 46.9 Å². The van der Waals surface area contributed by atoms with E-state index in [2.05, 4.69) is 40.5 Å². The molecule has 0 aliphatic rings. The number of carbonyl (C=O) groups is 2. The molecule has 3 aromatic rings. The number of rotatable bonds is 6. The molecule has 0 radical (unpaired) electrons. The van der Waals surface area contributed by atoms with Crippen LogP contribution >= 0.6 is 0 Å². The minimum Gasteiger partial charge on any atom is -0.347 e. The van der Waals surface area contributed by atoms with Crippen LogP contribution in [-0.2, 0) is 11.3 Å². The second-order valence-corrected chi connectivity index (χ2v) is 6.75. The highest BCUT2D eigenvalue weighted by Gasteiger charge is 2.08. The molecule has 0 aliphatic heterocycles. The zero-order chi connectivity index (χ0) is 22.6. The third kappa shape index (κ3) is 7.66. The number of amides is 2. The van der Waals surface area contributed by atoms with Gasteiger partial charge in [0, 0.05) is 12.6 Å². The first-order valence-corrected chi connectivity index (χ1v) is 9.48. The molecule has 7 nitrogen and oxygen atoms in total. The summed E-state index contributed by atoms with van der Waals surface area (Å²) in [6.07, 6.45) is 1.64. The topological polar surface area (TPSA) is 108 Å². The van der Waals surface area contributed by atoms with E-state index in [1.54, 1.807) is 12.1 Å². The largest absolute Gasteiger partial charge is 0.347 e. The molecular formula is C23H22FN5O2. The van der Waals surface area contributed by atoms with Gasteiger partial charge < -0.3 is 10.6 Å². The second-order valence-electron chi connectivity index (χ2n) is 6.75. The summed E-state index contributed by atoms with van der Waals surface area (Å²) in [7, 11) is 0. The molecule has 0 unspecified atom stereocenters. The van der Waals surface area contributed by atoms with Crippen molar-refractivity contribution in [2.75, 3.05) is 5.32 Å².